The van der Waals surface area contributed by atoms with Crippen molar-refractivity contribution in [2.45, 2.75) is 31.7 Å². The summed E-state index contributed by atoms with van der Waals surface area (Å²) in [5.41, 5.74) is 5.01. The summed E-state index contributed by atoms with van der Waals surface area (Å²) in [7, 11) is 0. The van der Waals surface area contributed by atoms with Crippen LogP contribution in [0, 0.1) is 0 Å². The molecule has 1 unspecified atom stereocenters. The molecule has 34 heavy (non-hydrogen) atoms. The summed E-state index contributed by atoms with van der Waals surface area (Å²) in [6.45, 7) is 5.02. The van der Waals surface area contributed by atoms with E-state index in [1.54, 1.807) is 6.20 Å². The molecule has 8 nitrogen and oxygen atoms in total. The Morgan fingerprint density at radius 1 is 1.09 bits per heavy atom. The minimum absolute atomic E-state index is 0.00764. The molecule has 0 saturated carbocycles. The number of likely N-dealkylation sites (tertiary alicyclic amines) is 1. The van der Waals surface area contributed by atoms with E-state index in [4.69, 9.17) is 10.1 Å². The lowest BCUT2D eigenvalue weighted by Crippen LogP contribution is -2.40. The molecule has 1 atom stereocenters. The Kier molecular flexibility index (Phi) is 4.94. The van der Waals surface area contributed by atoms with E-state index in [1.807, 2.05) is 54.4 Å². The summed E-state index contributed by atoms with van der Waals surface area (Å²) in [5, 5.41) is 12.3. The van der Waals surface area contributed by atoms with Crippen molar-refractivity contribution in [2.24, 2.45) is 0 Å². The zero-order chi connectivity index (χ0) is 23.1. The van der Waals surface area contributed by atoms with Gasteiger partial charge in [0.2, 0.25) is 0 Å². The molecule has 0 radical (unpaired) electrons. The van der Waals surface area contributed by atoms with Crippen molar-refractivity contribution >= 4 is 28.4 Å². The number of hydrogen-bond donors (Lipinski definition) is 2. The summed E-state index contributed by atoms with van der Waals surface area (Å²) in [6.07, 6.45) is 5.67. The van der Waals surface area contributed by atoms with Crippen LogP contribution in [0.25, 0.3) is 22.2 Å². The minimum Gasteiger partial charge on any atom is -0.340 e. The van der Waals surface area contributed by atoms with Crippen LogP contribution in [0.3, 0.4) is 0 Å². The molecule has 2 amide bonds. The lowest BCUT2D eigenvalue weighted by atomic mass is 9.82. The standard InChI is InChI=1S/C26H27N7O/c1-2-27-25(34)32-12-9-26(17-32)10-13-33-23(26)15-22(31-33)18-14-19-20(29-16-18)6-5-7-21(19)30-24-8-3-4-11-28-24/h3-8,11,14-16H,2,9-10,12-13,17H2,1H3,(H,27,34)(H,28,30). The number of anilines is 2. The highest BCUT2D eigenvalue weighted by Crippen LogP contribution is 2.44. The normalized spacial score (nSPS) is 19.0. The highest BCUT2D eigenvalue weighted by molar-refractivity contribution is 5.95. The maximum Gasteiger partial charge on any atom is 0.317 e. The van der Waals surface area contributed by atoms with Crippen molar-refractivity contribution in [1.82, 2.24) is 30.0 Å². The van der Waals surface area contributed by atoms with Gasteiger partial charge in [0, 0.05) is 66.3 Å². The minimum atomic E-state index is -0.00764. The molecule has 1 aromatic carbocycles. The van der Waals surface area contributed by atoms with Crippen molar-refractivity contribution in [3.63, 3.8) is 0 Å². The van der Waals surface area contributed by atoms with Crippen molar-refractivity contribution in [2.75, 3.05) is 25.0 Å². The molecule has 2 aliphatic rings. The molecular weight excluding hydrogens is 426 g/mol. The Morgan fingerprint density at radius 3 is 2.85 bits per heavy atom. The van der Waals surface area contributed by atoms with Gasteiger partial charge in [0.25, 0.3) is 0 Å². The molecule has 1 fully saturated rings. The number of hydrogen-bond acceptors (Lipinski definition) is 5. The van der Waals surface area contributed by atoms with Crippen molar-refractivity contribution < 1.29 is 4.79 Å². The molecule has 0 aliphatic carbocycles. The number of fused-ring (bicyclic) bond motifs is 3. The van der Waals surface area contributed by atoms with Gasteiger partial charge in [0.15, 0.2) is 0 Å². The van der Waals surface area contributed by atoms with Crippen LogP contribution in [0.15, 0.2) is 60.9 Å². The van der Waals surface area contributed by atoms with Gasteiger partial charge >= 0.3 is 6.03 Å². The number of urea groups is 1. The largest absolute Gasteiger partial charge is 0.340 e. The predicted molar refractivity (Wildman–Crippen MR) is 132 cm³/mol. The molecule has 1 saturated heterocycles. The lowest BCUT2D eigenvalue weighted by molar-refractivity contribution is 0.206. The number of rotatable bonds is 4. The quantitative estimate of drug-likeness (QED) is 0.481. The zero-order valence-electron chi connectivity index (χ0n) is 19.2. The van der Waals surface area contributed by atoms with E-state index in [0.717, 1.165) is 66.1 Å². The van der Waals surface area contributed by atoms with Gasteiger partial charge < -0.3 is 15.5 Å². The topological polar surface area (TPSA) is 88.0 Å². The number of nitrogens with zero attached hydrogens (tertiary/aromatic N) is 5. The third kappa shape index (κ3) is 3.46. The number of nitrogens with one attached hydrogen (secondary N) is 2. The van der Waals surface area contributed by atoms with Crippen LogP contribution in [0.2, 0.25) is 0 Å². The number of amides is 2. The molecule has 3 aromatic heterocycles. The van der Waals surface area contributed by atoms with Gasteiger partial charge in [0.1, 0.15) is 5.82 Å². The number of aromatic nitrogens is 4. The summed E-state index contributed by atoms with van der Waals surface area (Å²) < 4.78 is 2.12. The number of carbonyl (C=O) groups excluding carboxylic acids is 1. The Bertz CT molecular complexity index is 1370. The molecule has 2 aliphatic heterocycles. The van der Waals surface area contributed by atoms with E-state index in [2.05, 4.69) is 32.4 Å². The van der Waals surface area contributed by atoms with E-state index in [9.17, 15) is 4.79 Å². The third-order valence-corrected chi connectivity index (χ3v) is 7.04. The lowest BCUT2D eigenvalue weighted by Gasteiger charge is -2.23. The maximum atomic E-state index is 12.4. The first-order valence-corrected chi connectivity index (χ1v) is 11.8. The van der Waals surface area contributed by atoms with Gasteiger partial charge in [0.05, 0.1) is 11.2 Å². The van der Waals surface area contributed by atoms with Crippen molar-refractivity contribution in [1.29, 1.82) is 0 Å². The molecule has 172 valence electrons. The van der Waals surface area contributed by atoms with Crippen LogP contribution in [-0.4, -0.2) is 50.3 Å². The molecule has 2 N–H and O–H groups in total. The van der Waals surface area contributed by atoms with Crippen LogP contribution in [0.1, 0.15) is 25.5 Å². The highest BCUT2D eigenvalue weighted by atomic mass is 16.2. The number of pyridine rings is 2. The van der Waals surface area contributed by atoms with E-state index in [-0.39, 0.29) is 11.4 Å². The summed E-state index contributed by atoms with van der Waals surface area (Å²) in [6, 6.07) is 16.2. The van der Waals surface area contributed by atoms with E-state index in [0.29, 0.717) is 6.54 Å². The molecule has 8 heteroatoms. The fourth-order valence-electron chi connectivity index (χ4n) is 5.30. The van der Waals surface area contributed by atoms with Crippen molar-refractivity contribution in [3.05, 3.63) is 66.6 Å². The first-order valence-electron chi connectivity index (χ1n) is 11.8. The molecule has 4 aromatic rings. The predicted octanol–water partition coefficient (Wildman–Crippen LogP) is 4.31. The molecular formula is C26H27N7O. The zero-order valence-corrected chi connectivity index (χ0v) is 19.2. The number of aryl methyl sites for hydroxylation is 1. The van der Waals surface area contributed by atoms with Gasteiger partial charge in [-0.1, -0.05) is 12.1 Å². The van der Waals surface area contributed by atoms with Gasteiger partial charge in [-0.15, -0.1) is 0 Å². The molecule has 0 bridgehead atoms. The fourth-order valence-corrected chi connectivity index (χ4v) is 5.30. The van der Waals surface area contributed by atoms with Crippen LogP contribution in [-0.2, 0) is 12.0 Å². The second-order valence-corrected chi connectivity index (χ2v) is 9.11. The van der Waals surface area contributed by atoms with Crippen LogP contribution >= 0.6 is 0 Å². The smallest absolute Gasteiger partial charge is 0.317 e. The van der Waals surface area contributed by atoms with Gasteiger partial charge in [-0.3, -0.25) is 9.67 Å². The van der Waals surface area contributed by atoms with Gasteiger partial charge in [-0.2, -0.15) is 5.10 Å². The first-order chi connectivity index (χ1) is 16.6. The fraction of sp³-hybridized carbons (Fsp3) is 0.308. The Morgan fingerprint density at radius 2 is 2.00 bits per heavy atom. The third-order valence-electron chi connectivity index (χ3n) is 7.04. The second kappa shape index (κ2) is 8.13. The second-order valence-electron chi connectivity index (χ2n) is 9.11. The molecule has 6 rings (SSSR count). The molecule has 5 heterocycles. The summed E-state index contributed by atoms with van der Waals surface area (Å²) in [4.78, 5) is 23.4. The Labute approximate surface area is 198 Å². The van der Waals surface area contributed by atoms with Gasteiger partial charge in [-0.05, 0) is 56.2 Å². The Balaban J connectivity index is 1.32. The number of carbonyl (C=O) groups is 1. The Hall–Kier alpha value is -3.94. The van der Waals surface area contributed by atoms with E-state index < -0.39 is 0 Å². The first kappa shape index (κ1) is 20.7. The van der Waals surface area contributed by atoms with Crippen LogP contribution in [0.5, 0.6) is 0 Å². The maximum absolute atomic E-state index is 12.4. The van der Waals surface area contributed by atoms with Crippen LogP contribution in [0.4, 0.5) is 16.3 Å². The SMILES string of the molecule is CCNC(=O)N1CCC2(CCn3nc(-c4cnc5cccc(Nc6ccccn6)c5c4)cc32)C1. The summed E-state index contributed by atoms with van der Waals surface area (Å²) in [5.74, 6) is 0.793. The van der Waals surface area contributed by atoms with E-state index in [1.165, 1.54) is 5.69 Å². The van der Waals surface area contributed by atoms with Crippen LogP contribution < -0.4 is 10.6 Å². The summed E-state index contributed by atoms with van der Waals surface area (Å²) >= 11 is 0. The monoisotopic (exact) mass is 453 g/mol. The van der Waals surface area contributed by atoms with E-state index >= 15 is 0 Å². The average molecular weight is 454 g/mol. The highest BCUT2D eigenvalue weighted by Gasteiger charge is 2.46. The van der Waals surface area contributed by atoms with Gasteiger partial charge in [-0.25, -0.2) is 9.78 Å². The van der Waals surface area contributed by atoms with Crippen molar-refractivity contribution in [3.8, 4) is 11.3 Å². The molecule has 1 spiro atoms. The number of benzene rings is 1. The average Bonchev–Trinajstić information content (AvgIpc) is 3.57.